The van der Waals surface area contributed by atoms with Crippen molar-refractivity contribution < 1.29 is 9.53 Å². The average Bonchev–Trinajstić information content (AvgIpc) is 2.62. The Morgan fingerprint density at radius 1 is 1.09 bits per heavy atom. The van der Waals surface area contributed by atoms with Crippen LogP contribution in [0.2, 0.25) is 0 Å². The summed E-state index contributed by atoms with van der Waals surface area (Å²) in [5, 5.41) is 0. The number of carbonyl (C=O) groups is 1. The fourth-order valence-electron chi connectivity index (χ4n) is 2.95. The number of carbonyl (C=O) groups excluding carboxylic acids is 1. The third-order valence-corrected chi connectivity index (χ3v) is 4.07. The molecule has 0 amide bonds. The van der Waals surface area contributed by atoms with Gasteiger partial charge in [-0.3, -0.25) is 0 Å². The molecule has 2 aromatic rings. The lowest BCUT2D eigenvalue weighted by Gasteiger charge is -2.37. The lowest BCUT2D eigenvalue weighted by molar-refractivity contribution is -0.111. The van der Waals surface area contributed by atoms with E-state index in [-0.39, 0.29) is 12.0 Å². The van der Waals surface area contributed by atoms with Crippen LogP contribution in [0.5, 0.6) is 5.75 Å². The van der Waals surface area contributed by atoms with Crippen molar-refractivity contribution in [2.45, 2.75) is 12.5 Å². The van der Waals surface area contributed by atoms with Crippen molar-refractivity contribution in [3.8, 4) is 5.75 Å². The van der Waals surface area contributed by atoms with Crippen LogP contribution in [0.1, 0.15) is 18.0 Å². The predicted molar refractivity (Wildman–Crippen MR) is 88.0 cm³/mol. The SMILES string of the molecule is COc1ccc(N2C=CC[C@H](C=O)[C@H]2c2ccccc2)cc1. The second-order valence-corrected chi connectivity index (χ2v) is 5.38. The molecule has 0 N–H and O–H groups in total. The van der Waals surface area contributed by atoms with Crippen molar-refractivity contribution in [1.29, 1.82) is 0 Å². The first-order valence-electron chi connectivity index (χ1n) is 7.43. The Morgan fingerprint density at radius 3 is 2.45 bits per heavy atom. The molecule has 3 rings (SSSR count). The zero-order valence-electron chi connectivity index (χ0n) is 12.6. The van der Waals surface area contributed by atoms with Crippen LogP contribution in [0.15, 0.2) is 66.9 Å². The Kier molecular flexibility index (Phi) is 4.24. The van der Waals surface area contributed by atoms with E-state index in [9.17, 15) is 4.79 Å². The first kappa shape index (κ1) is 14.4. The molecule has 0 unspecified atom stereocenters. The van der Waals surface area contributed by atoms with Crippen molar-refractivity contribution in [3.63, 3.8) is 0 Å². The van der Waals surface area contributed by atoms with Gasteiger partial charge in [-0.2, -0.15) is 0 Å². The molecule has 3 nitrogen and oxygen atoms in total. The average molecular weight is 293 g/mol. The lowest BCUT2D eigenvalue weighted by atomic mass is 9.87. The second-order valence-electron chi connectivity index (χ2n) is 5.38. The Labute approximate surface area is 130 Å². The maximum Gasteiger partial charge on any atom is 0.125 e. The van der Waals surface area contributed by atoms with Crippen LogP contribution in [0, 0.1) is 5.92 Å². The van der Waals surface area contributed by atoms with Gasteiger partial charge in [0.2, 0.25) is 0 Å². The molecule has 0 radical (unpaired) electrons. The van der Waals surface area contributed by atoms with Gasteiger partial charge >= 0.3 is 0 Å². The molecule has 0 spiro atoms. The molecule has 1 heterocycles. The van der Waals surface area contributed by atoms with Gasteiger partial charge in [-0.15, -0.1) is 0 Å². The van der Waals surface area contributed by atoms with Crippen LogP contribution in [-0.2, 0) is 4.79 Å². The monoisotopic (exact) mass is 293 g/mol. The first-order valence-corrected chi connectivity index (χ1v) is 7.43. The summed E-state index contributed by atoms with van der Waals surface area (Å²) >= 11 is 0. The fourth-order valence-corrected chi connectivity index (χ4v) is 2.95. The smallest absolute Gasteiger partial charge is 0.125 e. The Bertz CT molecular complexity index is 649. The molecule has 22 heavy (non-hydrogen) atoms. The summed E-state index contributed by atoms with van der Waals surface area (Å²) in [6, 6.07) is 18.1. The molecule has 112 valence electrons. The maximum atomic E-state index is 11.5. The van der Waals surface area contributed by atoms with Gasteiger partial charge in [0.1, 0.15) is 12.0 Å². The van der Waals surface area contributed by atoms with E-state index in [1.165, 1.54) is 0 Å². The minimum absolute atomic E-state index is 0.0251. The van der Waals surface area contributed by atoms with Crippen molar-refractivity contribution in [1.82, 2.24) is 0 Å². The Balaban J connectivity index is 2.00. The van der Waals surface area contributed by atoms with Gasteiger partial charge in [0.25, 0.3) is 0 Å². The lowest BCUT2D eigenvalue weighted by Crippen LogP contribution is -2.33. The van der Waals surface area contributed by atoms with Gasteiger partial charge in [0.15, 0.2) is 0 Å². The number of aldehydes is 1. The van der Waals surface area contributed by atoms with E-state index in [2.05, 4.69) is 29.3 Å². The molecule has 1 aliphatic heterocycles. The number of hydrogen-bond donors (Lipinski definition) is 0. The highest BCUT2D eigenvalue weighted by molar-refractivity contribution is 5.63. The summed E-state index contributed by atoms with van der Waals surface area (Å²) in [4.78, 5) is 13.7. The number of methoxy groups -OCH3 is 1. The molecule has 0 bridgehead atoms. The van der Waals surface area contributed by atoms with E-state index in [1.54, 1.807) is 7.11 Å². The van der Waals surface area contributed by atoms with Gasteiger partial charge in [-0.1, -0.05) is 36.4 Å². The summed E-state index contributed by atoms with van der Waals surface area (Å²) < 4.78 is 5.22. The van der Waals surface area contributed by atoms with Crippen LogP contribution < -0.4 is 9.64 Å². The quantitative estimate of drug-likeness (QED) is 0.799. The number of anilines is 1. The predicted octanol–water partition coefficient (Wildman–Crippen LogP) is 3.98. The summed E-state index contributed by atoms with van der Waals surface area (Å²) in [5.41, 5.74) is 2.21. The molecular formula is C19H19NO2. The standard InChI is InChI=1S/C19H19NO2/c1-22-18-11-9-17(10-12-18)20-13-5-8-16(14-21)19(20)15-6-3-2-4-7-15/h2-7,9-14,16,19H,8H2,1H3/t16-,19-/m1/s1. The number of rotatable bonds is 4. The zero-order chi connectivity index (χ0) is 15.4. The van der Waals surface area contributed by atoms with Crippen LogP contribution >= 0.6 is 0 Å². The number of ether oxygens (including phenoxy) is 1. The molecule has 3 heteroatoms. The van der Waals surface area contributed by atoms with Gasteiger partial charge in [-0.05, 0) is 36.2 Å². The maximum absolute atomic E-state index is 11.5. The van der Waals surface area contributed by atoms with Crippen LogP contribution in [0.25, 0.3) is 0 Å². The molecule has 1 aliphatic rings. The highest BCUT2D eigenvalue weighted by atomic mass is 16.5. The van der Waals surface area contributed by atoms with E-state index >= 15 is 0 Å². The molecule has 0 fully saturated rings. The fraction of sp³-hybridized carbons (Fsp3) is 0.211. The number of allylic oxidation sites excluding steroid dienone is 1. The Hall–Kier alpha value is -2.55. The molecule has 2 atom stereocenters. The van der Waals surface area contributed by atoms with E-state index in [0.29, 0.717) is 0 Å². The van der Waals surface area contributed by atoms with E-state index in [4.69, 9.17) is 4.74 Å². The molecule has 0 saturated carbocycles. The van der Waals surface area contributed by atoms with Crippen LogP contribution in [0.4, 0.5) is 5.69 Å². The molecule has 0 aromatic heterocycles. The minimum Gasteiger partial charge on any atom is -0.497 e. The second kappa shape index (κ2) is 6.48. The number of nitrogens with zero attached hydrogens (tertiary/aromatic N) is 1. The van der Waals surface area contributed by atoms with E-state index < -0.39 is 0 Å². The number of benzene rings is 2. The number of hydrogen-bond acceptors (Lipinski definition) is 3. The van der Waals surface area contributed by atoms with Gasteiger partial charge in [0.05, 0.1) is 13.2 Å². The third-order valence-electron chi connectivity index (χ3n) is 4.07. The van der Waals surface area contributed by atoms with E-state index in [1.807, 2.05) is 42.5 Å². The zero-order valence-corrected chi connectivity index (χ0v) is 12.6. The highest BCUT2D eigenvalue weighted by Crippen LogP contribution is 2.37. The summed E-state index contributed by atoms with van der Waals surface area (Å²) in [6.45, 7) is 0. The van der Waals surface area contributed by atoms with Gasteiger partial charge in [0, 0.05) is 17.8 Å². The third kappa shape index (κ3) is 2.75. The topological polar surface area (TPSA) is 29.5 Å². The van der Waals surface area contributed by atoms with Crippen LogP contribution in [0.3, 0.4) is 0 Å². The molecular weight excluding hydrogens is 274 g/mol. The summed E-state index contributed by atoms with van der Waals surface area (Å²) in [6.07, 6.45) is 5.97. The summed E-state index contributed by atoms with van der Waals surface area (Å²) in [7, 11) is 1.66. The highest BCUT2D eigenvalue weighted by Gasteiger charge is 2.30. The molecule has 2 aromatic carbocycles. The molecule has 0 aliphatic carbocycles. The van der Waals surface area contributed by atoms with Gasteiger partial charge < -0.3 is 14.4 Å². The normalized spacial score (nSPS) is 20.7. The minimum atomic E-state index is -0.0468. The van der Waals surface area contributed by atoms with Gasteiger partial charge in [-0.25, -0.2) is 0 Å². The molecule has 0 saturated heterocycles. The first-order chi connectivity index (χ1) is 10.8. The summed E-state index contributed by atoms with van der Waals surface area (Å²) in [5.74, 6) is 0.780. The largest absolute Gasteiger partial charge is 0.497 e. The van der Waals surface area contributed by atoms with Crippen molar-refractivity contribution in [2.75, 3.05) is 12.0 Å². The van der Waals surface area contributed by atoms with Crippen LogP contribution in [-0.4, -0.2) is 13.4 Å². The Morgan fingerprint density at radius 2 is 1.82 bits per heavy atom. The van der Waals surface area contributed by atoms with Crippen molar-refractivity contribution >= 4 is 12.0 Å². The van der Waals surface area contributed by atoms with E-state index in [0.717, 1.165) is 29.7 Å². The van der Waals surface area contributed by atoms with Crippen molar-refractivity contribution in [2.24, 2.45) is 5.92 Å². The van der Waals surface area contributed by atoms with Crippen molar-refractivity contribution in [3.05, 3.63) is 72.4 Å².